The first-order chi connectivity index (χ1) is 7.02. The van der Waals surface area contributed by atoms with Crippen molar-refractivity contribution in [2.24, 2.45) is 11.3 Å². The second-order valence-electron chi connectivity index (χ2n) is 6.67. The lowest BCUT2D eigenvalue weighted by atomic mass is 9.81. The second kappa shape index (κ2) is 6.23. The van der Waals surface area contributed by atoms with Crippen LogP contribution >= 0.6 is 11.6 Å². The fraction of sp³-hybridized carbons (Fsp3) is 1.00. The van der Waals surface area contributed by atoms with Crippen LogP contribution in [0.15, 0.2) is 0 Å². The third-order valence-corrected chi connectivity index (χ3v) is 2.30. The lowest BCUT2D eigenvalue weighted by Gasteiger charge is -2.29. The van der Waals surface area contributed by atoms with Gasteiger partial charge in [-0.3, -0.25) is 0 Å². The normalized spacial score (nSPS) is 15.6. The molecule has 0 amide bonds. The van der Waals surface area contributed by atoms with Crippen molar-refractivity contribution in [3.05, 3.63) is 0 Å². The van der Waals surface area contributed by atoms with E-state index in [1.54, 1.807) is 0 Å². The van der Waals surface area contributed by atoms with E-state index in [4.69, 9.17) is 21.4 Å². The topological polar surface area (TPSA) is 18.5 Å². The van der Waals surface area contributed by atoms with E-state index in [1.807, 2.05) is 20.8 Å². The fourth-order valence-corrected chi connectivity index (χ4v) is 2.31. The highest BCUT2D eigenvalue weighted by Crippen LogP contribution is 2.32. The van der Waals surface area contributed by atoms with E-state index < -0.39 is 0 Å². The van der Waals surface area contributed by atoms with Crippen molar-refractivity contribution in [1.29, 1.82) is 0 Å². The Morgan fingerprint density at radius 1 is 1.00 bits per heavy atom. The Morgan fingerprint density at radius 2 is 1.50 bits per heavy atom. The van der Waals surface area contributed by atoms with Crippen molar-refractivity contribution in [1.82, 2.24) is 0 Å². The molecular formula is C13H27ClO2. The minimum absolute atomic E-state index is 0.182. The van der Waals surface area contributed by atoms with Crippen LogP contribution < -0.4 is 0 Å². The predicted octanol–water partition coefficient (Wildman–Crippen LogP) is 4.76. The van der Waals surface area contributed by atoms with Crippen LogP contribution in [0.5, 0.6) is 0 Å². The Kier molecular flexibility index (Phi) is 6.31. The number of hydrogen-bond acceptors (Lipinski definition) is 2. The molecule has 0 aromatic heterocycles. The molecule has 0 bridgehead atoms. The smallest absolute Gasteiger partial charge is 0.166 e. The molecule has 3 heteroatoms. The minimum atomic E-state index is -0.382. The van der Waals surface area contributed by atoms with Gasteiger partial charge in [-0.05, 0) is 44.9 Å². The highest BCUT2D eigenvalue weighted by Gasteiger charge is 2.25. The lowest BCUT2D eigenvalue weighted by Crippen LogP contribution is -2.26. The summed E-state index contributed by atoms with van der Waals surface area (Å²) < 4.78 is 0. The average molecular weight is 251 g/mol. The third kappa shape index (κ3) is 9.44. The van der Waals surface area contributed by atoms with E-state index in [9.17, 15) is 0 Å². The van der Waals surface area contributed by atoms with Gasteiger partial charge < -0.3 is 0 Å². The predicted molar refractivity (Wildman–Crippen MR) is 69.4 cm³/mol. The van der Waals surface area contributed by atoms with Gasteiger partial charge in [-0.1, -0.05) is 39.3 Å². The SMILES string of the molecule is CC(C)CC(C)(C)CC(Cl)OOC(C)(C)C. The zero-order valence-electron chi connectivity index (χ0n) is 11.8. The summed E-state index contributed by atoms with van der Waals surface area (Å²) in [6.45, 7) is 14.7. The summed E-state index contributed by atoms with van der Waals surface area (Å²) in [5, 5.41) is 0. The van der Waals surface area contributed by atoms with Gasteiger partial charge in [0.05, 0.1) is 5.60 Å². The van der Waals surface area contributed by atoms with Gasteiger partial charge in [0.1, 0.15) is 0 Å². The van der Waals surface area contributed by atoms with Crippen LogP contribution in [0.1, 0.15) is 61.3 Å². The van der Waals surface area contributed by atoms with Crippen LogP contribution in [0, 0.1) is 11.3 Å². The highest BCUT2D eigenvalue weighted by atomic mass is 35.5. The number of halogens is 1. The molecule has 1 unspecified atom stereocenters. The van der Waals surface area contributed by atoms with E-state index in [1.165, 1.54) is 0 Å². The molecule has 0 saturated carbocycles. The van der Waals surface area contributed by atoms with Crippen molar-refractivity contribution in [2.75, 3.05) is 0 Å². The Labute approximate surface area is 106 Å². The Hall–Kier alpha value is 0.210. The van der Waals surface area contributed by atoms with Gasteiger partial charge in [0, 0.05) is 0 Å². The molecule has 98 valence electrons. The molecule has 0 rings (SSSR count). The molecule has 0 aromatic carbocycles. The molecule has 0 fully saturated rings. The molecule has 0 spiro atoms. The van der Waals surface area contributed by atoms with E-state index in [0.717, 1.165) is 12.8 Å². The monoisotopic (exact) mass is 250 g/mol. The van der Waals surface area contributed by atoms with Gasteiger partial charge in [0.25, 0.3) is 0 Å². The van der Waals surface area contributed by atoms with Crippen molar-refractivity contribution < 1.29 is 9.78 Å². The largest absolute Gasteiger partial charge is 0.229 e. The molecule has 0 aliphatic heterocycles. The first-order valence-electron chi connectivity index (χ1n) is 6.00. The van der Waals surface area contributed by atoms with Crippen molar-refractivity contribution >= 4 is 11.6 Å². The van der Waals surface area contributed by atoms with E-state index >= 15 is 0 Å². The summed E-state index contributed by atoms with van der Waals surface area (Å²) in [5.74, 6) is 0.669. The molecule has 1 atom stereocenters. The summed E-state index contributed by atoms with van der Waals surface area (Å²) in [5.41, 5.74) is -0.509. The standard InChI is InChI=1S/C13H27ClO2/c1-10(2)8-13(6,7)9-11(14)15-16-12(3,4)5/h10-11H,8-9H2,1-7H3. The maximum atomic E-state index is 6.11. The molecule has 0 saturated heterocycles. The molecule has 16 heavy (non-hydrogen) atoms. The van der Waals surface area contributed by atoms with Gasteiger partial charge >= 0.3 is 0 Å². The maximum Gasteiger partial charge on any atom is 0.166 e. The van der Waals surface area contributed by atoms with Crippen molar-refractivity contribution in [3.8, 4) is 0 Å². The first kappa shape index (κ1) is 16.2. The number of alkyl halides is 1. The Morgan fingerprint density at radius 3 is 1.88 bits per heavy atom. The molecular weight excluding hydrogens is 224 g/mol. The van der Waals surface area contributed by atoms with Crippen LogP contribution in [0.4, 0.5) is 0 Å². The van der Waals surface area contributed by atoms with Crippen LogP contribution in [-0.4, -0.2) is 11.2 Å². The van der Waals surface area contributed by atoms with Crippen LogP contribution in [-0.2, 0) is 9.78 Å². The van der Waals surface area contributed by atoms with E-state index in [2.05, 4.69) is 27.7 Å². The zero-order chi connectivity index (χ0) is 13.0. The van der Waals surface area contributed by atoms with Gasteiger partial charge in [0.2, 0.25) is 0 Å². The lowest BCUT2D eigenvalue weighted by molar-refractivity contribution is -0.360. The molecule has 0 N–H and O–H groups in total. The molecule has 2 nitrogen and oxygen atoms in total. The van der Waals surface area contributed by atoms with Crippen LogP contribution in [0.3, 0.4) is 0 Å². The third-order valence-electron chi connectivity index (χ3n) is 2.08. The van der Waals surface area contributed by atoms with Gasteiger partial charge in [-0.2, -0.15) is 0 Å². The van der Waals surface area contributed by atoms with Crippen LogP contribution in [0.2, 0.25) is 0 Å². The number of rotatable bonds is 6. The summed E-state index contributed by atoms with van der Waals surface area (Å²) in [6.07, 6.45) is 1.93. The maximum absolute atomic E-state index is 6.11. The summed E-state index contributed by atoms with van der Waals surface area (Å²) in [4.78, 5) is 10.4. The van der Waals surface area contributed by atoms with Gasteiger partial charge in [0.15, 0.2) is 5.56 Å². The van der Waals surface area contributed by atoms with Gasteiger partial charge in [-0.15, -0.1) is 0 Å². The zero-order valence-corrected chi connectivity index (χ0v) is 12.5. The highest BCUT2D eigenvalue weighted by molar-refractivity contribution is 6.19. The molecule has 0 radical (unpaired) electrons. The molecule has 0 heterocycles. The summed E-state index contributed by atoms with van der Waals surface area (Å²) in [7, 11) is 0. The van der Waals surface area contributed by atoms with E-state index in [-0.39, 0.29) is 16.6 Å². The Balaban J connectivity index is 3.98. The number of hydrogen-bond donors (Lipinski definition) is 0. The first-order valence-corrected chi connectivity index (χ1v) is 6.44. The summed E-state index contributed by atoms with van der Waals surface area (Å²) in [6, 6.07) is 0. The van der Waals surface area contributed by atoms with Gasteiger partial charge in [-0.25, -0.2) is 9.78 Å². The fourth-order valence-electron chi connectivity index (χ4n) is 1.85. The second-order valence-corrected chi connectivity index (χ2v) is 7.16. The van der Waals surface area contributed by atoms with E-state index in [0.29, 0.717) is 5.92 Å². The molecule has 0 aliphatic rings. The minimum Gasteiger partial charge on any atom is -0.229 e. The average Bonchev–Trinajstić information content (AvgIpc) is 1.95. The molecule has 0 aromatic rings. The van der Waals surface area contributed by atoms with Crippen molar-refractivity contribution in [3.63, 3.8) is 0 Å². The molecule has 0 aliphatic carbocycles. The van der Waals surface area contributed by atoms with Crippen LogP contribution in [0.25, 0.3) is 0 Å². The summed E-state index contributed by atoms with van der Waals surface area (Å²) >= 11 is 6.11. The quantitative estimate of drug-likeness (QED) is 0.384. The Bertz CT molecular complexity index is 195. The van der Waals surface area contributed by atoms with Crippen molar-refractivity contribution in [2.45, 2.75) is 72.5 Å².